The normalized spacial score (nSPS) is 27.9. The summed E-state index contributed by atoms with van der Waals surface area (Å²) in [7, 11) is 2.19. The highest BCUT2D eigenvalue weighted by atomic mass is 16.2. The van der Waals surface area contributed by atoms with Crippen LogP contribution in [0.3, 0.4) is 0 Å². The topological polar surface area (TPSA) is 44.4 Å². The van der Waals surface area contributed by atoms with Gasteiger partial charge in [-0.3, -0.25) is 4.79 Å². The summed E-state index contributed by atoms with van der Waals surface area (Å²) in [6.45, 7) is 5.79. The van der Waals surface area contributed by atoms with Crippen molar-refractivity contribution in [3.8, 4) is 0 Å². The predicted octanol–water partition coefficient (Wildman–Crippen LogP) is 1.76. The number of amides is 1. The first-order chi connectivity index (χ1) is 9.68. The van der Waals surface area contributed by atoms with E-state index in [0.29, 0.717) is 0 Å². The fraction of sp³-hybridized carbons (Fsp3) is 0.938. The van der Waals surface area contributed by atoms with Crippen molar-refractivity contribution in [2.75, 3.05) is 33.2 Å². The van der Waals surface area contributed by atoms with Crippen LogP contribution in [0.2, 0.25) is 0 Å². The number of carbonyl (C=O) groups is 1. The third kappa shape index (κ3) is 3.73. The van der Waals surface area contributed by atoms with Crippen LogP contribution >= 0.6 is 0 Å². The number of rotatable bonds is 6. The second kappa shape index (κ2) is 7.41. The van der Waals surface area contributed by atoms with Crippen LogP contribution in [0, 0.1) is 5.41 Å². The fourth-order valence-corrected chi connectivity index (χ4v) is 3.68. The molecule has 0 aromatic carbocycles. The van der Waals surface area contributed by atoms with Gasteiger partial charge in [0.15, 0.2) is 0 Å². The highest BCUT2D eigenvalue weighted by Crippen LogP contribution is 2.30. The molecular weight excluding hydrogens is 250 g/mol. The van der Waals surface area contributed by atoms with E-state index in [2.05, 4.69) is 29.5 Å². The number of carbonyl (C=O) groups excluding carboxylic acids is 1. The van der Waals surface area contributed by atoms with Gasteiger partial charge in [0, 0.05) is 25.7 Å². The molecule has 1 amide bonds. The number of likely N-dealkylation sites (N-methyl/N-ethyl adjacent to an activating group) is 1. The smallest absolute Gasteiger partial charge is 0.227 e. The SMILES string of the molecule is CCC1(C(=O)NCCN(C)C2CCCC2)CCCNC1. The molecule has 2 aliphatic rings. The lowest BCUT2D eigenvalue weighted by Crippen LogP contribution is -2.51. The van der Waals surface area contributed by atoms with Crippen molar-refractivity contribution in [2.45, 2.75) is 57.9 Å². The third-order valence-corrected chi connectivity index (χ3v) is 5.33. The van der Waals surface area contributed by atoms with E-state index < -0.39 is 0 Å². The zero-order valence-electron chi connectivity index (χ0n) is 13.2. The van der Waals surface area contributed by atoms with Crippen LogP contribution in [-0.2, 0) is 4.79 Å². The standard InChI is InChI=1S/C16H31N3O/c1-3-16(9-6-10-17-13-16)15(20)18-11-12-19(2)14-7-4-5-8-14/h14,17H,3-13H2,1-2H3,(H,18,20). The lowest BCUT2D eigenvalue weighted by Gasteiger charge is -2.35. The molecule has 4 nitrogen and oxygen atoms in total. The van der Waals surface area contributed by atoms with E-state index in [9.17, 15) is 4.79 Å². The molecule has 0 aromatic heterocycles. The molecule has 1 aliphatic carbocycles. The summed E-state index contributed by atoms with van der Waals surface area (Å²) in [6, 6.07) is 0.739. The van der Waals surface area contributed by atoms with Crippen molar-refractivity contribution in [1.82, 2.24) is 15.5 Å². The molecule has 4 heteroatoms. The van der Waals surface area contributed by atoms with Gasteiger partial charge in [-0.25, -0.2) is 0 Å². The first kappa shape index (κ1) is 15.8. The van der Waals surface area contributed by atoms with Crippen LogP contribution in [0.4, 0.5) is 0 Å². The largest absolute Gasteiger partial charge is 0.354 e. The van der Waals surface area contributed by atoms with E-state index in [1.54, 1.807) is 0 Å². The van der Waals surface area contributed by atoms with Gasteiger partial charge in [0.05, 0.1) is 5.41 Å². The van der Waals surface area contributed by atoms with Gasteiger partial charge >= 0.3 is 0 Å². The maximum atomic E-state index is 12.5. The van der Waals surface area contributed by atoms with Gasteiger partial charge < -0.3 is 15.5 Å². The number of piperidine rings is 1. The van der Waals surface area contributed by atoms with Gasteiger partial charge in [0.25, 0.3) is 0 Å². The Labute approximate surface area is 123 Å². The highest BCUT2D eigenvalue weighted by molar-refractivity contribution is 5.83. The van der Waals surface area contributed by atoms with E-state index in [-0.39, 0.29) is 11.3 Å². The maximum absolute atomic E-state index is 12.5. The number of nitrogens with zero attached hydrogens (tertiary/aromatic N) is 1. The Balaban J connectivity index is 1.73. The van der Waals surface area contributed by atoms with Crippen LogP contribution in [0.5, 0.6) is 0 Å². The summed E-state index contributed by atoms with van der Waals surface area (Å²) in [5.74, 6) is 0.257. The first-order valence-electron chi connectivity index (χ1n) is 8.37. The molecule has 0 bridgehead atoms. The Hall–Kier alpha value is -0.610. The van der Waals surface area contributed by atoms with Crippen LogP contribution in [0.25, 0.3) is 0 Å². The van der Waals surface area contributed by atoms with Crippen LogP contribution < -0.4 is 10.6 Å². The molecule has 1 unspecified atom stereocenters. The molecule has 2 N–H and O–H groups in total. The van der Waals surface area contributed by atoms with E-state index in [0.717, 1.165) is 51.5 Å². The van der Waals surface area contributed by atoms with Crippen LogP contribution in [-0.4, -0.2) is 50.1 Å². The van der Waals surface area contributed by atoms with Crippen molar-refractivity contribution in [2.24, 2.45) is 5.41 Å². The van der Waals surface area contributed by atoms with Gasteiger partial charge in [0.1, 0.15) is 0 Å². The van der Waals surface area contributed by atoms with E-state index in [4.69, 9.17) is 0 Å². The average Bonchev–Trinajstić information content (AvgIpc) is 3.02. The first-order valence-corrected chi connectivity index (χ1v) is 8.37. The van der Waals surface area contributed by atoms with Gasteiger partial charge in [0.2, 0.25) is 5.91 Å². The molecule has 1 aliphatic heterocycles. The molecule has 1 atom stereocenters. The Morgan fingerprint density at radius 2 is 2.10 bits per heavy atom. The molecule has 1 heterocycles. The predicted molar refractivity (Wildman–Crippen MR) is 82.7 cm³/mol. The quantitative estimate of drug-likeness (QED) is 0.780. The lowest BCUT2D eigenvalue weighted by atomic mass is 9.77. The molecule has 0 spiro atoms. The summed E-state index contributed by atoms with van der Waals surface area (Å²) >= 11 is 0. The third-order valence-electron chi connectivity index (χ3n) is 5.33. The summed E-state index contributed by atoms with van der Waals surface area (Å²) in [5.41, 5.74) is -0.163. The van der Waals surface area contributed by atoms with E-state index in [1.165, 1.54) is 25.7 Å². The molecule has 1 saturated carbocycles. The average molecular weight is 281 g/mol. The zero-order valence-corrected chi connectivity index (χ0v) is 13.2. The highest BCUT2D eigenvalue weighted by Gasteiger charge is 2.37. The number of nitrogens with one attached hydrogen (secondary N) is 2. The van der Waals surface area contributed by atoms with Gasteiger partial charge in [-0.05, 0) is 45.7 Å². The molecule has 2 rings (SSSR count). The minimum atomic E-state index is -0.163. The Morgan fingerprint density at radius 1 is 1.35 bits per heavy atom. The van der Waals surface area contributed by atoms with Crippen LogP contribution in [0.15, 0.2) is 0 Å². The molecule has 0 radical (unpaired) electrons. The molecule has 116 valence electrons. The van der Waals surface area contributed by atoms with E-state index >= 15 is 0 Å². The monoisotopic (exact) mass is 281 g/mol. The molecule has 1 saturated heterocycles. The number of hydrogen-bond acceptors (Lipinski definition) is 3. The summed E-state index contributed by atoms with van der Waals surface area (Å²) in [6.07, 6.45) is 8.47. The molecule has 0 aromatic rings. The lowest BCUT2D eigenvalue weighted by molar-refractivity contribution is -0.132. The van der Waals surface area contributed by atoms with Gasteiger partial charge in [-0.15, -0.1) is 0 Å². The fourth-order valence-electron chi connectivity index (χ4n) is 3.68. The summed E-state index contributed by atoms with van der Waals surface area (Å²) in [4.78, 5) is 14.9. The van der Waals surface area contributed by atoms with Gasteiger partial charge in [-0.2, -0.15) is 0 Å². The maximum Gasteiger partial charge on any atom is 0.227 e. The minimum Gasteiger partial charge on any atom is -0.354 e. The van der Waals surface area contributed by atoms with Crippen molar-refractivity contribution in [3.05, 3.63) is 0 Å². The molecule has 20 heavy (non-hydrogen) atoms. The Morgan fingerprint density at radius 3 is 2.70 bits per heavy atom. The molecular formula is C16H31N3O. The van der Waals surface area contributed by atoms with Gasteiger partial charge in [-0.1, -0.05) is 19.8 Å². The second-order valence-corrected chi connectivity index (χ2v) is 6.59. The van der Waals surface area contributed by atoms with Crippen LogP contribution in [0.1, 0.15) is 51.9 Å². The van der Waals surface area contributed by atoms with E-state index in [1.807, 2.05) is 0 Å². The summed E-state index contributed by atoms with van der Waals surface area (Å²) in [5, 5.41) is 6.56. The second-order valence-electron chi connectivity index (χ2n) is 6.59. The minimum absolute atomic E-state index is 0.163. The van der Waals surface area contributed by atoms with Crippen molar-refractivity contribution < 1.29 is 4.79 Å². The zero-order chi connectivity index (χ0) is 14.4. The number of hydrogen-bond donors (Lipinski definition) is 2. The van der Waals surface area contributed by atoms with Crippen molar-refractivity contribution >= 4 is 5.91 Å². The summed E-state index contributed by atoms with van der Waals surface area (Å²) < 4.78 is 0. The Bertz CT molecular complexity index is 307. The van der Waals surface area contributed by atoms with Crippen molar-refractivity contribution in [1.29, 1.82) is 0 Å². The Kier molecular flexibility index (Phi) is 5.85. The van der Waals surface area contributed by atoms with Crippen molar-refractivity contribution in [3.63, 3.8) is 0 Å². The molecule has 2 fully saturated rings.